The minimum atomic E-state index is -0.453. The van der Waals surface area contributed by atoms with Crippen molar-refractivity contribution in [2.24, 2.45) is 0 Å². The molecular weight excluding hydrogens is 464 g/mol. The number of aromatic nitrogens is 1. The number of ether oxygens (including phenoxy) is 1. The number of nitro groups is 1. The zero-order valence-corrected chi connectivity index (χ0v) is 20.4. The highest BCUT2D eigenvalue weighted by molar-refractivity contribution is 7.22. The maximum atomic E-state index is 13.2. The third kappa shape index (κ3) is 6.74. The summed E-state index contributed by atoms with van der Waals surface area (Å²) in [6.45, 7) is 7.14. The molecule has 0 saturated heterocycles. The van der Waals surface area contributed by atoms with E-state index in [1.54, 1.807) is 30.2 Å². The maximum Gasteiger partial charge on any atom is 0.270 e. The van der Waals surface area contributed by atoms with E-state index in [0.29, 0.717) is 29.5 Å². The minimum absolute atomic E-state index is 0. The van der Waals surface area contributed by atoms with Gasteiger partial charge in [-0.2, -0.15) is 0 Å². The summed E-state index contributed by atoms with van der Waals surface area (Å²) < 4.78 is 6.24. The number of benzene rings is 2. The van der Waals surface area contributed by atoms with Gasteiger partial charge in [0.15, 0.2) is 5.13 Å². The number of halogens is 1. The SMILES string of the molecule is CCN(CC)CCN(C(=O)C=Cc1cccc([N+](=O)[O-])c1)c1nc2cc(OC)ccc2s1.Cl. The van der Waals surface area contributed by atoms with Crippen LogP contribution in [0.25, 0.3) is 16.3 Å². The fraction of sp³-hybridized carbons (Fsp3) is 0.304. The van der Waals surface area contributed by atoms with Crippen LogP contribution in [0.5, 0.6) is 5.75 Å². The highest BCUT2D eigenvalue weighted by atomic mass is 35.5. The summed E-state index contributed by atoms with van der Waals surface area (Å²) in [6.07, 6.45) is 3.03. The number of methoxy groups -OCH3 is 1. The van der Waals surface area contributed by atoms with Gasteiger partial charge < -0.3 is 9.64 Å². The van der Waals surface area contributed by atoms with Crippen LogP contribution in [-0.2, 0) is 4.79 Å². The fourth-order valence-electron chi connectivity index (χ4n) is 3.22. The second-order valence-electron chi connectivity index (χ2n) is 7.03. The van der Waals surface area contributed by atoms with Crippen LogP contribution in [0, 0.1) is 10.1 Å². The molecule has 0 fully saturated rings. The summed E-state index contributed by atoms with van der Waals surface area (Å²) in [4.78, 5) is 32.3. The molecule has 2 aromatic carbocycles. The van der Waals surface area contributed by atoms with E-state index in [4.69, 9.17) is 4.74 Å². The number of fused-ring (bicyclic) bond motifs is 1. The normalized spacial score (nSPS) is 11.0. The number of thiazole rings is 1. The van der Waals surface area contributed by atoms with Crippen molar-refractivity contribution in [3.05, 3.63) is 64.2 Å². The van der Waals surface area contributed by atoms with Gasteiger partial charge in [-0.05, 0) is 36.9 Å². The molecule has 0 spiro atoms. The third-order valence-electron chi connectivity index (χ3n) is 5.11. The predicted molar refractivity (Wildman–Crippen MR) is 136 cm³/mol. The molecule has 1 heterocycles. The van der Waals surface area contributed by atoms with Gasteiger partial charge in [0, 0.05) is 37.4 Å². The lowest BCUT2D eigenvalue weighted by molar-refractivity contribution is -0.384. The summed E-state index contributed by atoms with van der Waals surface area (Å²) in [5.74, 6) is 0.482. The number of carbonyl (C=O) groups is 1. The molecule has 0 aliphatic heterocycles. The zero-order valence-electron chi connectivity index (χ0n) is 18.8. The second kappa shape index (κ2) is 12.3. The van der Waals surface area contributed by atoms with Crippen LogP contribution < -0.4 is 9.64 Å². The average Bonchev–Trinajstić information content (AvgIpc) is 3.23. The van der Waals surface area contributed by atoms with E-state index in [2.05, 4.69) is 23.7 Å². The smallest absolute Gasteiger partial charge is 0.270 e. The van der Waals surface area contributed by atoms with E-state index < -0.39 is 4.92 Å². The highest BCUT2D eigenvalue weighted by Crippen LogP contribution is 2.31. The van der Waals surface area contributed by atoms with Crippen LogP contribution in [-0.4, -0.2) is 54.0 Å². The van der Waals surface area contributed by atoms with Crippen molar-refractivity contribution in [3.63, 3.8) is 0 Å². The molecule has 1 amide bonds. The molecule has 0 saturated carbocycles. The molecule has 10 heteroatoms. The number of non-ortho nitro benzene ring substituents is 1. The molecule has 176 valence electrons. The van der Waals surface area contributed by atoms with E-state index in [9.17, 15) is 14.9 Å². The van der Waals surface area contributed by atoms with Crippen molar-refractivity contribution in [2.75, 3.05) is 38.2 Å². The molecule has 8 nitrogen and oxygen atoms in total. The van der Waals surface area contributed by atoms with Crippen LogP contribution in [0.3, 0.4) is 0 Å². The highest BCUT2D eigenvalue weighted by Gasteiger charge is 2.19. The largest absolute Gasteiger partial charge is 0.497 e. The van der Waals surface area contributed by atoms with Gasteiger partial charge in [-0.1, -0.05) is 37.3 Å². The Balaban J connectivity index is 0.00000385. The molecule has 0 atom stereocenters. The Morgan fingerprint density at radius 2 is 1.94 bits per heavy atom. The first kappa shape index (κ1) is 26.2. The number of hydrogen-bond donors (Lipinski definition) is 0. The average molecular weight is 491 g/mol. The van der Waals surface area contributed by atoms with Crippen molar-refractivity contribution in [2.45, 2.75) is 13.8 Å². The molecule has 3 aromatic rings. The summed E-state index contributed by atoms with van der Waals surface area (Å²) >= 11 is 1.44. The standard InChI is InChI=1S/C23H26N4O4S.ClH/c1-4-25(5-2)13-14-26(23-24-20-16-19(31-3)10-11-21(20)32-23)22(28)12-9-17-7-6-8-18(15-17)27(29)30;/h6-12,15-16H,4-5,13-14H2,1-3H3;1H. The van der Waals surface area contributed by atoms with Gasteiger partial charge in [0.05, 0.1) is 22.2 Å². The van der Waals surface area contributed by atoms with Crippen LogP contribution >= 0.6 is 23.7 Å². The van der Waals surface area contributed by atoms with Gasteiger partial charge in [0.2, 0.25) is 0 Å². The molecule has 0 radical (unpaired) electrons. The number of rotatable bonds is 10. The van der Waals surface area contributed by atoms with Gasteiger partial charge in [-0.15, -0.1) is 12.4 Å². The number of likely N-dealkylation sites (N-methyl/N-ethyl adjacent to an activating group) is 1. The lowest BCUT2D eigenvalue weighted by atomic mass is 10.2. The van der Waals surface area contributed by atoms with E-state index in [1.807, 2.05) is 18.2 Å². The molecular formula is C23H27ClN4O4S. The van der Waals surface area contributed by atoms with Crippen LogP contribution in [0.2, 0.25) is 0 Å². The van der Waals surface area contributed by atoms with Crippen LogP contribution in [0.15, 0.2) is 48.5 Å². The van der Waals surface area contributed by atoms with Gasteiger partial charge in [-0.3, -0.25) is 19.8 Å². The predicted octanol–water partition coefficient (Wildman–Crippen LogP) is 5.02. The quantitative estimate of drug-likeness (QED) is 0.225. The van der Waals surface area contributed by atoms with E-state index in [0.717, 1.165) is 23.3 Å². The Hall–Kier alpha value is -3.01. The summed E-state index contributed by atoms with van der Waals surface area (Å²) in [6, 6.07) is 11.8. The lowest BCUT2D eigenvalue weighted by Crippen LogP contribution is -2.38. The van der Waals surface area contributed by atoms with E-state index in [1.165, 1.54) is 29.5 Å². The molecule has 3 rings (SSSR count). The zero-order chi connectivity index (χ0) is 23.1. The van der Waals surface area contributed by atoms with Gasteiger partial charge in [0.25, 0.3) is 11.6 Å². The number of nitrogens with zero attached hydrogens (tertiary/aromatic N) is 4. The Bertz CT molecular complexity index is 1130. The molecule has 0 bridgehead atoms. The first-order chi connectivity index (χ1) is 15.4. The minimum Gasteiger partial charge on any atom is -0.497 e. The number of amides is 1. The summed E-state index contributed by atoms with van der Waals surface area (Å²) in [5, 5.41) is 11.6. The van der Waals surface area contributed by atoms with Crippen LogP contribution in [0.1, 0.15) is 19.4 Å². The third-order valence-corrected chi connectivity index (χ3v) is 6.17. The number of carbonyl (C=O) groups excluding carboxylic acids is 1. The van der Waals surface area contributed by atoms with E-state index in [-0.39, 0.29) is 24.0 Å². The molecule has 0 aliphatic rings. The van der Waals surface area contributed by atoms with Crippen molar-refractivity contribution in [1.82, 2.24) is 9.88 Å². The molecule has 33 heavy (non-hydrogen) atoms. The summed E-state index contributed by atoms with van der Waals surface area (Å²) in [5.41, 5.74) is 1.34. The van der Waals surface area contributed by atoms with Gasteiger partial charge in [0.1, 0.15) is 5.75 Å². The van der Waals surface area contributed by atoms with Crippen molar-refractivity contribution in [1.29, 1.82) is 0 Å². The molecule has 0 N–H and O–H groups in total. The molecule has 1 aromatic heterocycles. The van der Waals surface area contributed by atoms with Crippen molar-refractivity contribution < 1.29 is 14.5 Å². The van der Waals surface area contributed by atoms with Gasteiger partial charge >= 0.3 is 0 Å². The van der Waals surface area contributed by atoms with Crippen molar-refractivity contribution in [3.8, 4) is 5.75 Å². The Morgan fingerprint density at radius 1 is 1.18 bits per heavy atom. The first-order valence-corrected chi connectivity index (χ1v) is 11.2. The first-order valence-electron chi connectivity index (χ1n) is 10.4. The summed E-state index contributed by atoms with van der Waals surface area (Å²) in [7, 11) is 1.60. The van der Waals surface area contributed by atoms with E-state index >= 15 is 0 Å². The lowest BCUT2D eigenvalue weighted by Gasteiger charge is -2.23. The maximum absolute atomic E-state index is 13.2. The number of hydrogen-bond acceptors (Lipinski definition) is 7. The van der Waals surface area contributed by atoms with Crippen molar-refractivity contribution >= 4 is 56.8 Å². The molecule has 0 unspecified atom stereocenters. The Labute approximate surface area is 203 Å². The Kier molecular flexibility index (Phi) is 9.77. The number of nitro benzene ring substituents is 1. The van der Waals surface area contributed by atoms with Crippen LogP contribution in [0.4, 0.5) is 10.8 Å². The second-order valence-corrected chi connectivity index (χ2v) is 8.04. The Morgan fingerprint density at radius 3 is 2.61 bits per heavy atom. The monoisotopic (exact) mass is 490 g/mol. The number of anilines is 1. The fourth-order valence-corrected chi connectivity index (χ4v) is 4.20. The topological polar surface area (TPSA) is 88.8 Å². The molecule has 0 aliphatic carbocycles. The van der Waals surface area contributed by atoms with Gasteiger partial charge in [-0.25, -0.2) is 4.98 Å².